The first-order chi connectivity index (χ1) is 9.13. The summed E-state index contributed by atoms with van der Waals surface area (Å²) in [6.45, 7) is 2.24. The summed E-state index contributed by atoms with van der Waals surface area (Å²) < 4.78 is 4.53. The smallest absolute Gasteiger partial charge is 0.328 e. The number of nitrogens with one attached hydrogen (secondary N) is 2. The van der Waals surface area contributed by atoms with Crippen LogP contribution in [-0.4, -0.2) is 42.7 Å². The highest BCUT2D eigenvalue weighted by Gasteiger charge is 2.16. The zero-order chi connectivity index (χ0) is 14.1. The second kappa shape index (κ2) is 9.36. The first kappa shape index (κ1) is 16.5. The second-order valence-electron chi connectivity index (χ2n) is 4.47. The summed E-state index contributed by atoms with van der Waals surface area (Å²) >= 11 is 0. The van der Waals surface area contributed by atoms with Crippen LogP contribution < -0.4 is 10.6 Å². The molecule has 0 bridgehead atoms. The zero-order valence-electron chi connectivity index (χ0n) is 11.4. The fraction of sp³-hybridized carbons (Fsp3) is 0.833. The highest BCUT2D eigenvalue weighted by atomic mass is 33.1. The summed E-state index contributed by atoms with van der Waals surface area (Å²) in [7, 11) is 5.25. The summed E-state index contributed by atoms with van der Waals surface area (Å²) in [5, 5.41) is 6.07. The van der Waals surface area contributed by atoms with E-state index in [9.17, 15) is 9.59 Å². The van der Waals surface area contributed by atoms with Crippen molar-refractivity contribution >= 4 is 33.6 Å². The van der Waals surface area contributed by atoms with Gasteiger partial charge in [-0.2, -0.15) is 0 Å². The number of carbonyl (C=O) groups is 2. The molecule has 0 aliphatic carbocycles. The van der Waals surface area contributed by atoms with E-state index in [1.54, 1.807) is 6.92 Å². The second-order valence-corrected chi connectivity index (χ2v) is 7.26. The molecule has 19 heavy (non-hydrogen) atoms. The molecule has 0 aromatic heterocycles. The number of urea groups is 1. The largest absolute Gasteiger partial charge is 0.467 e. The Hall–Kier alpha value is -0.560. The van der Waals surface area contributed by atoms with Crippen LogP contribution in [0.3, 0.4) is 0 Å². The van der Waals surface area contributed by atoms with Gasteiger partial charge >= 0.3 is 12.0 Å². The van der Waals surface area contributed by atoms with Crippen molar-refractivity contribution in [2.75, 3.05) is 19.4 Å². The van der Waals surface area contributed by atoms with Gasteiger partial charge in [0.25, 0.3) is 0 Å². The Labute approximate surface area is 122 Å². The van der Waals surface area contributed by atoms with E-state index in [2.05, 4.69) is 15.4 Å². The first-order valence-corrected chi connectivity index (χ1v) is 8.92. The number of esters is 1. The van der Waals surface area contributed by atoms with Crippen molar-refractivity contribution in [1.29, 1.82) is 0 Å². The molecule has 1 aliphatic rings. The molecule has 1 aliphatic heterocycles. The molecule has 0 saturated carbocycles. The van der Waals surface area contributed by atoms with Crippen LogP contribution in [0.4, 0.5) is 4.79 Å². The van der Waals surface area contributed by atoms with Gasteiger partial charge < -0.3 is 15.4 Å². The molecule has 1 heterocycles. The van der Waals surface area contributed by atoms with Gasteiger partial charge in [0.05, 0.1) is 7.11 Å². The lowest BCUT2D eigenvalue weighted by Gasteiger charge is -2.12. The standard InChI is InChI=1S/C12H22N2O3S2/c1-9(11(15)17-2)14-12(16)13-7-4-3-5-10-6-8-18-19-10/h9-10H,3-8H2,1-2H3,(H2,13,14,16)/t9-,10?/m1/s1. The van der Waals surface area contributed by atoms with Gasteiger partial charge in [-0.3, -0.25) is 0 Å². The molecule has 0 aromatic rings. The summed E-state index contributed by atoms with van der Waals surface area (Å²) in [5.41, 5.74) is 0. The molecule has 0 spiro atoms. The van der Waals surface area contributed by atoms with Crippen LogP contribution in [0.1, 0.15) is 32.6 Å². The first-order valence-electron chi connectivity index (χ1n) is 6.54. The number of amides is 2. The number of ether oxygens (including phenoxy) is 1. The number of rotatable bonds is 7. The van der Waals surface area contributed by atoms with Gasteiger partial charge in [-0.05, 0) is 26.2 Å². The van der Waals surface area contributed by atoms with Crippen LogP contribution in [0.2, 0.25) is 0 Å². The third-order valence-electron chi connectivity index (χ3n) is 2.87. The SMILES string of the molecule is COC(=O)[C@@H](C)NC(=O)NCCCCC1CCSS1. The van der Waals surface area contributed by atoms with E-state index >= 15 is 0 Å². The van der Waals surface area contributed by atoms with Crippen LogP contribution in [0.5, 0.6) is 0 Å². The lowest BCUT2D eigenvalue weighted by atomic mass is 10.1. The van der Waals surface area contributed by atoms with Gasteiger partial charge in [0.15, 0.2) is 0 Å². The van der Waals surface area contributed by atoms with E-state index in [1.165, 1.54) is 25.7 Å². The Morgan fingerprint density at radius 1 is 1.42 bits per heavy atom. The maximum atomic E-state index is 11.5. The summed E-state index contributed by atoms with van der Waals surface area (Å²) in [6.07, 6.45) is 4.63. The van der Waals surface area contributed by atoms with Gasteiger partial charge in [0, 0.05) is 17.5 Å². The Morgan fingerprint density at radius 3 is 2.84 bits per heavy atom. The number of methoxy groups -OCH3 is 1. The predicted molar refractivity (Wildman–Crippen MR) is 80.3 cm³/mol. The number of hydrogen-bond donors (Lipinski definition) is 2. The van der Waals surface area contributed by atoms with Crippen LogP contribution >= 0.6 is 21.6 Å². The molecule has 1 rings (SSSR count). The van der Waals surface area contributed by atoms with Gasteiger partial charge in [0.2, 0.25) is 0 Å². The van der Waals surface area contributed by atoms with Crippen LogP contribution in [0.15, 0.2) is 0 Å². The fourth-order valence-electron chi connectivity index (χ4n) is 1.75. The molecular formula is C12H22N2O3S2. The molecule has 0 aromatic carbocycles. The van der Waals surface area contributed by atoms with E-state index in [0.717, 1.165) is 18.1 Å². The maximum Gasteiger partial charge on any atom is 0.328 e. The van der Waals surface area contributed by atoms with Crippen molar-refractivity contribution in [2.45, 2.75) is 43.9 Å². The van der Waals surface area contributed by atoms with E-state index in [4.69, 9.17) is 0 Å². The van der Waals surface area contributed by atoms with Gasteiger partial charge in [-0.15, -0.1) is 0 Å². The van der Waals surface area contributed by atoms with Crippen LogP contribution in [0, 0.1) is 0 Å². The van der Waals surface area contributed by atoms with E-state index in [0.29, 0.717) is 6.54 Å². The lowest BCUT2D eigenvalue weighted by Crippen LogP contribution is -2.45. The van der Waals surface area contributed by atoms with Gasteiger partial charge in [-0.1, -0.05) is 28.0 Å². The molecule has 110 valence electrons. The van der Waals surface area contributed by atoms with Crippen molar-refractivity contribution in [3.05, 3.63) is 0 Å². The molecule has 2 atom stereocenters. The fourth-order valence-corrected chi connectivity index (χ4v) is 4.77. The van der Waals surface area contributed by atoms with Crippen molar-refractivity contribution in [2.24, 2.45) is 0 Å². The van der Waals surface area contributed by atoms with Gasteiger partial charge in [-0.25, -0.2) is 9.59 Å². The molecule has 1 fully saturated rings. The normalized spacial score (nSPS) is 19.8. The van der Waals surface area contributed by atoms with Crippen LogP contribution in [-0.2, 0) is 9.53 Å². The Morgan fingerprint density at radius 2 is 2.21 bits per heavy atom. The van der Waals surface area contributed by atoms with Crippen molar-refractivity contribution in [3.63, 3.8) is 0 Å². The predicted octanol–water partition coefficient (Wildman–Crippen LogP) is 2.17. The number of unbranched alkanes of at least 4 members (excludes halogenated alkanes) is 1. The van der Waals surface area contributed by atoms with Gasteiger partial charge in [0.1, 0.15) is 6.04 Å². The topological polar surface area (TPSA) is 67.4 Å². The number of carbonyl (C=O) groups excluding carboxylic acids is 2. The third kappa shape index (κ3) is 6.96. The van der Waals surface area contributed by atoms with E-state index in [-0.39, 0.29) is 6.03 Å². The Bertz CT molecular complexity index is 297. The minimum atomic E-state index is -0.614. The quantitative estimate of drug-likeness (QED) is 0.429. The van der Waals surface area contributed by atoms with Crippen LogP contribution in [0.25, 0.3) is 0 Å². The molecule has 2 N–H and O–H groups in total. The lowest BCUT2D eigenvalue weighted by molar-refractivity contribution is -0.142. The molecule has 0 radical (unpaired) electrons. The Kier molecular flexibility index (Phi) is 8.13. The van der Waals surface area contributed by atoms with E-state index < -0.39 is 12.0 Å². The average Bonchev–Trinajstić information content (AvgIpc) is 2.90. The molecule has 1 saturated heterocycles. The van der Waals surface area contributed by atoms with Crippen molar-refractivity contribution in [1.82, 2.24) is 10.6 Å². The number of hydrogen-bond acceptors (Lipinski definition) is 5. The minimum absolute atomic E-state index is 0.316. The monoisotopic (exact) mass is 306 g/mol. The maximum absolute atomic E-state index is 11.5. The highest BCUT2D eigenvalue weighted by molar-refractivity contribution is 8.77. The summed E-state index contributed by atoms with van der Waals surface area (Å²) in [4.78, 5) is 22.6. The molecule has 5 nitrogen and oxygen atoms in total. The Balaban J connectivity index is 1.99. The summed E-state index contributed by atoms with van der Waals surface area (Å²) in [5.74, 6) is 0.826. The minimum Gasteiger partial charge on any atom is -0.467 e. The van der Waals surface area contributed by atoms with E-state index in [1.807, 2.05) is 21.6 Å². The molecule has 1 unspecified atom stereocenters. The molecule has 2 amide bonds. The van der Waals surface area contributed by atoms with Crippen molar-refractivity contribution < 1.29 is 14.3 Å². The molecular weight excluding hydrogens is 284 g/mol. The molecule has 7 heteroatoms. The third-order valence-corrected chi connectivity index (χ3v) is 5.87. The highest BCUT2D eigenvalue weighted by Crippen LogP contribution is 2.39. The average molecular weight is 306 g/mol. The zero-order valence-corrected chi connectivity index (χ0v) is 13.1. The summed E-state index contributed by atoms with van der Waals surface area (Å²) in [6, 6.07) is -0.930. The van der Waals surface area contributed by atoms with Crippen molar-refractivity contribution in [3.8, 4) is 0 Å².